The number of carbonyl (C=O) groups is 1. The average Bonchev–Trinajstić information content (AvgIpc) is 2.39. The van der Waals surface area contributed by atoms with E-state index >= 15 is 0 Å². The molecule has 0 aliphatic carbocycles. The summed E-state index contributed by atoms with van der Waals surface area (Å²) in [5.41, 5.74) is 6.74. The zero-order chi connectivity index (χ0) is 13.0. The van der Waals surface area contributed by atoms with E-state index in [1.807, 2.05) is 30.5 Å². The van der Waals surface area contributed by atoms with Crippen LogP contribution in [0.1, 0.15) is 10.4 Å². The van der Waals surface area contributed by atoms with Crippen LogP contribution in [0.4, 0.5) is 17.3 Å². The van der Waals surface area contributed by atoms with Crippen molar-refractivity contribution in [3.8, 4) is 0 Å². The maximum absolute atomic E-state index is 11.0. The smallest absolute Gasteiger partial charge is 0.157 e. The molecule has 2 aromatic rings. The lowest BCUT2D eigenvalue weighted by atomic mass is 10.2. The third-order valence-corrected chi connectivity index (χ3v) is 3.09. The van der Waals surface area contributed by atoms with Gasteiger partial charge in [0.1, 0.15) is 18.0 Å². The van der Waals surface area contributed by atoms with E-state index in [0.717, 1.165) is 10.6 Å². The number of nitrogens with zero attached hydrogens (tertiary/aromatic N) is 2. The number of benzene rings is 1. The van der Waals surface area contributed by atoms with Gasteiger partial charge in [0.15, 0.2) is 6.29 Å². The molecule has 3 N–H and O–H groups in total. The maximum Gasteiger partial charge on any atom is 0.157 e. The molecule has 0 fully saturated rings. The topological polar surface area (TPSA) is 80.9 Å². The Balaban J connectivity index is 2.33. The molecule has 2 rings (SSSR count). The fourth-order valence-electron chi connectivity index (χ4n) is 1.46. The first-order chi connectivity index (χ1) is 8.74. The Hall–Kier alpha value is -2.08. The number of aldehydes is 1. The zero-order valence-corrected chi connectivity index (χ0v) is 10.6. The highest BCUT2D eigenvalue weighted by molar-refractivity contribution is 7.98. The van der Waals surface area contributed by atoms with Crippen LogP contribution in [-0.4, -0.2) is 22.5 Å². The maximum atomic E-state index is 11.0. The average molecular weight is 260 g/mol. The molecule has 0 radical (unpaired) electrons. The second kappa shape index (κ2) is 5.50. The number of rotatable bonds is 4. The third-order valence-electron chi connectivity index (χ3n) is 2.37. The van der Waals surface area contributed by atoms with E-state index in [-0.39, 0.29) is 11.4 Å². The Kier molecular flexibility index (Phi) is 3.78. The molecular weight excluding hydrogens is 248 g/mol. The third kappa shape index (κ3) is 2.60. The molecule has 0 aliphatic rings. The zero-order valence-electron chi connectivity index (χ0n) is 9.75. The largest absolute Gasteiger partial charge is 0.383 e. The van der Waals surface area contributed by atoms with Gasteiger partial charge in [0.25, 0.3) is 0 Å². The summed E-state index contributed by atoms with van der Waals surface area (Å²) in [5.74, 6) is 0.583. The summed E-state index contributed by atoms with van der Waals surface area (Å²) >= 11 is 1.64. The Morgan fingerprint density at radius 1 is 1.39 bits per heavy atom. The molecule has 5 nitrogen and oxygen atoms in total. The summed E-state index contributed by atoms with van der Waals surface area (Å²) in [4.78, 5) is 19.9. The molecule has 0 unspecified atom stereocenters. The van der Waals surface area contributed by atoms with Crippen LogP contribution < -0.4 is 11.1 Å². The molecule has 0 atom stereocenters. The summed E-state index contributed by atoms with van der Waals surface area (Å²) < 4.78 is 0. The first kappa shape index (κ1) is 12.4. The highest BCUT2D eigenvalue weighted by Crippen LogP contribution is 2.23. The van der Waals surface area contributed by atoms with Crippen molar-refractivity contribution in [3.63, 3.8) is 0 Å². The van der Waals surface area contributed by atoms with Crippen molar-refractivity contribution in [3.05, 3.63) is 36.2 Å². The molecule has 18 heavy (non-hydrogen) atoms. The van der Waals surface area contributed by atoms with Gasteiger partial charge < -0.3 is 11.1 Å². The van der Waals surface area contributed by atoms with Crippen LogP contribution in [0, 0.1) is 0 Å². The number of nitrogens with one attached hydrogen (secondary N) is 1. The number of nitrogen functional groups attached to an aromatic ring is 1. The Morgan fingerprint density at radius 3 is 2.94 bits per heavy atom. The molecule has 0 aliphatic heterocycles. The molecule has 0 saturated carbocycles. The number of anilines is 3. The van der Waals surface area contributed by atoms with Gasteiger partial charge in [0.2, 0.25) is 0 Å². The van der Waals surface area contributed by atoms with E-state index in [9.17, 15) is 4.79 Å². The van der Waals surface area contributed by atoms with Crippen LogP contribution in [0.2, 0.25) is 0 Å². The van der Waals surface area contributed by atoms with E-state index in [0.29, 0.717) is 12.1 Å². The standard InChI is InChI=1S/C12H12N4OS/c1-18-9-4-2-3-8(5-9)16-12-10(6-17)11(13)14-7-15-12/h2-7H,1H3,(H3,13,14,15,16). The van der Waals surface area contributed by atoms with Crippen LogP contribution >= 0.6 is 11.8 Å². The van der Waals surface area contributed by atoms with E-state index < -0.39 is 0 Å². The minimum absolute atomic E-state index is 0.170. The lowest BCUT2D eigenvalue weighted by molar-refractivity contribution is 0.112. The number of nitrogens with two attached hydrogens (primary N) is 1. The van der Waals surface area contributed by atoms with Crippen LogP contribution in [0.25, 0.3) is 0 Å². The van der Waals surface area contributed by atoms with Crippen molar-refractivity contribution in [1.82, 2.24) is 9.97 Å². The monoisotopic (exact) mass is 260 g/mol. The fourth-order valence-corrected chi connectivity index (χ4v) is 1.92. The van der Waals surface area contributed by atoms with E-state index in [1.54, 1.807) is 11.8 Å². The lowest BCUT2D eigenvalue weighted by Crippen LogP contribution is -2.04. The minimum Gasteiger partial charge on any atom is -0.383 e. The molecule has 1 aromatic heterocycles. The van der Waals surface area contributed by atoms with Crippen molar-refractivity contribution in [1.29, 1.82) is 0 Å². The van der Waals surface area contributed by atoms with Gasteiger partial charge in [0, 0.05) is 10.6 Å². The second-order valence-corrected chi connectivity index (χ2v) is 4.38. The SMILES string of the molecule is CSc1cccc(Nc2ncnc(N)c2C=O)c1. The van der Waals surface area contributed by atoms with Gasteiger partial charge in [-0.3, -0.25) is 4.79 Å². The summed E-state index contributed by atoms with van der Waals surface area (Å²) in [6, 6.07) is 7.80. The van der Waals surface area contributed by atoms with E-state index in [2.05, 4.69) is 15.3 Å². The van der Waals surface area contributed by atoms with Gasteiger partial charge in [-0.15, -0.1) is 11.8 Å². The van der Waals surface area contributed by atoms with Crippen molar-refractivity contribution in [2.75, 3.05) is 17.3 Å². The molecule has 0 bridgehead atoms. The quantitative estimate of drug-likeness (QED) is 0.648. The molecule has 0 saturated heterocycles. The van der Waals surface area contributed by atoms with E-state index in [4.69, 9.17) is 5.73 Å². The van der Waals surface area contributed by atoms with Crippen LogP contribution in [0.5, 0.6) is 0 Å². The molecule has 1 aromatic carbocycles. The molecule has 0 amide bonds. The predicted molar refractivity (Wildman–Crippen MR) is 73.3 cm³/mol. The van der Waals surface area contributed by atoms with Crippen molar-refractivity contribution in [2.24, 2.45) is 0 Å². The van der Waals surface area contributed by atoms with Crippen LogP contribution in [-0.2, 0) is 0 Å². The molecule has 92 valence electrons. The fraction of sp³-hybridized carbons (Fsp3) is 0.0833. The Bertz CT molecular complexity index is 574. The van der Waals surface area contributed by atoms with Gasteiger partial charge in [-0.1, -0.05) is 6.07 Å². The summed E-state index contributed by atoms with van der Waals surface area (Å²) in [6.07, 6.45) is 3.97. The highest BCUT2D eigenvalue weighted by atomic mass is 32.2. The molecule has 1 heterocycles. The van der Waals surface area contributed by atoms with E-state index in [1.165, 1.54) is 6.33 Å². The number of carbonyl (C=O) groups excluding carboxylic acids is 1. The van der Waals surface area contributed by atoms with Gasteiger partial charge in [-0.25, -0.2) is 9.97 Å². The number of thioether (sulfide) groups is 1. The summed E-state index contributed by atoms with van der Waals surface area (Å²) in [5, 5.41) is 3.06. The number of hydrogen-bond donors (Lipinski definition) is 2. The number of aromatic nitrogens is 2. The summed E-state index contributed by atoms with van der Waals surface area (Å²) in [6.45, 7) is 0. The summed E-state index contributed by atoms with van der Waals surface area (Å²) in [7, 11) is 0. The highest BCUT2D eigenvalue weighted by Gasteiger charge is 2.08. The normalized spacial score (nSPS) is 10.1. The first-order valence-corrected chi connectivity index (χ1v) is 6.44. The lowest BCUT2D eigenvalue weighted by Gasteiger charge is -2.09. The Labute approximate surface area is 109 Å². The van der Waals surface area contributed by atoms with Gasteiger partial charge in [0.05, 0.1) is 5.56 Å². The van der Waals surface area contributed by atoms with Crippen molar-refractivity contribution >= 4 is 35.4 Å². The molecule has 0 spiro atoms. The Morgan fingerprint density at radius 2 is 2.22 bits per heavy atom. The van der Waals surface area contributed by atoms with Crippen LogP contribution in [0.15, 0.2) is 35.5 Å². The molecule has 6 heteroatoms. The van der Waals surface area contributed by atoms with Crippen LogP contribution in [0.3, 0.4) is 0 Å². The van der Waals surface area contributed by atoms with Gasteiger partial charge >= 0.3 is 0 Å². The predicted octanol–water partition coefficient (Wildman–Crippen LogP) is 2.34. The van der Waals surface area contributed by atoms with Crippen molar-refractivity contribution < 1.29 is 4.79 Å². The van der Waals surface area contributed by atoms with Gasteiger partial charge in [-0.2, -0.15) is 0 Å². The van der Waals surface area contributed by atoms with Gasteiger partial charge in [-0.05, 0) is 24.5 Å². The second-order valence-electron chi connectivity index (χ2n) is 3.50. The minimum atomic E-state index is 0.170. The first-order valence-electron chi connectivity index (χ1n) is 5.21. The molecular formula is C12H12N4OS. The number of hydrogen-bond acceptors (Lipinski definition) is 6. The van der Waals surface area contributed by atoms with Crippen molar-refractivity contribution in [2.45, 2.75) is 4.90 Å².